The van der Waals surface area contributed by atoms with Crippen molar-refractivity contribution >= 4 is 17.2 Å². The molecule has 0 radical (unpaired) electrons. The minimum Gasteiger partial charge on any atom is -0.475 e. The zero-order valence-electron chi connectivity index (χ0n) is 18.8. The normalized spacial score (nSPS) is 20.3. The number of alkyl halides is 5. The van der Waals surface area contributed by atoms with E-state index >= 15 is 0 Å². The molecule has 2 atom stereocenters. The molecule has 2 N–H and O–H groups in total. The number of likely N-dealkylation sites (tertiary alicyclic amines) is 1. The molecule has 0 saturated carbocycles. The van der Waals surface area contributed by atoms with Crippen molar-refractivity contribution in [3.05, 3.63) is 54.4 Å². The van der Waals surface area contributed by atoms with Crippen molar-refractivity contribution in [3.8, 4) is 5.88 Å². The number of piperidine rings is 1. The van der Waals surface area contributed by atoms with Crippen LogP contribution in [0, 0.1) is 11.3 Å². The van der Waals surface area contributed by atoms with Crippen molar-refractivity contribution in [3.63, 3.8) is 0 Å². The van der Waals surface area contributed by atoms with Gasteiger partial charge < -0.3 is 15.0 Å². The third-order valence-corrected chi connectivity index (χ3v) is 5.38. The van der Waals surface area contributed by atoms with Gasteiger partial charge in [0.25, 0.3) is 11.8 Å². The van der Waals surface area contributed by atoms with E-state index in [0.717, 1.165) is 17.0 Å². The predicted octanol–water partition coefficient (Wildman–Crippen LogP) is 3.42. The van der Waals surface area contributed by atoms with E-state index in [2.05, 4.69) is 20.3 Å². The van der Waals surface area contributed by atoms with Crippen molar-refractivity contribution in [1.82, 2.24) is 25.2 Å². The Balaban J connectivity index is 1.83. The molecule has 2 aromatic heterocycles. The van der Waals surface area contributed by atoms with Crippen LogP contribution in [-0.2, 0) is 11.0 Å². The number of hydrogen-bond acceptors (Lipinski definition) is 7. The summed E-state index contributed by atoms with van der Waals surface area (Å²) < 4.78 is 72.5. The maximum atomic E-state index is 14.4. The Labute approximate surface area is 197 Å². The zero-order valence-corrected chi connectivity index (χ0v) is 18.8. The summed E-state index contributed by atoms with van der Waals surface area (Å²) in [5, 5.41) is 11.1. The summed E-state index contributed by atoms with van der Waals surface area (Å²) >= 11 is 0. The number of nitrogens with one attached hydrogen (secondary N) is 2. The molecule has 188 valence electrons. The number of ether oxygens (including phenoxy) is 1. The first-order valence-corrected chi connectivity index (χ1v) is 10.5. The van der Waals surface area contributed by atoms with Crippen LogP contribution in [-0.4, -0.2) is 63.6 Å². The molecule has 35 heavy (non-hydrogen) atoms. The average Bonchev–Trinajstić information content (AvgIpc) is 2.80. The van der Waals surface area contributed by atoms with Crippen LogP contribution in [0.3, 0.4) is 0 Å². The Morgan fingerprint density at radius 3 is 2.54 bits per heavy atom. The van der Waals surface area contributed by atoms with Crippen LogP contribution in [0.5, 0.6) is 5.88 Å². The van der Waals surface area contributed by atoms with E-state index in [9.17, 15) is 26.7 Å². The molecule has 1 unspecified atom stereocenters. The second-order valence-corrected chi connectivity index (χ2v) is 8.03. The van der Waals surface area contributed by atoms with Crippen LogP contribution in [0.4, 0.5) is 22.0 Å². The molecule has 3 rings (SSSR count). The molecule has 0 spiro atoms. The van der Waals surface area contributed by atoms with Gasteiger partial charge >= 0.3 is 6.18 Å². The highest BCUT2D eigenvalue weighted by molar-refractivity contribution is 6.54. The van der Waals surface area contributed by atoms with Gasteiger partial charge in [0.15, 0.2) is 5.82 Å². The monoisotopic (exact) mass is 498 g/mol. The highest BCUT2D eigenvalue weighted by atomic mass is 19.4. The summed E-state index contributed by atoms with van der Waals surface area (Å²) in [6, 6.07) is 2.45. The lowest BCUT2D eigenvalue weighted by Gasteiger charge is -2.43. The van der Waals surface area contributed by atoms with Crippen molar-refractivity contribution in [2.24, 2.45) is 5.92 Å². The fourth-order valence-electron chi connectivity index (χ4n) is 3.72. The zero-order chi connectivity index (χ0) is 25.8. The topological polar surface area (TPSA) is 104 Å². The summed E-state index contributed by atoms with van der Waals surface area (Å²) in [7, 11) is 1.53. The number of amides is 1. The van der Waals surface area contributed by atoms with Crippen molar-refractivity contribution in [1.29, 1.82) is 5.41 Å². The van der Waals surface area contributed by atoms with Gasteiger partial charge in [-0.15, -0.1) is 0 Å². The minimum atomic E-state index is -4.57. The SMILES string of the molecule is CN/C=C(\C(=N)C(=O)N1CC(F)(F)C[C@@H](C)C1COc1ccc(C(F)(F)F)cn1)c1ncccn1. The standard InChI is InChI=1S/C22H23F5N6O2/c1-13-8-21(23,24)12-33(16(13)11-35-17-5-4-14(9-32-17)22(25,26)27)20(34)18(28)15(10-29-2)19-30-6-3-7-31-19/h3-7,9-10,13,16,28-29H,8,11-12H2,1-2H3/b15-10+,28-18?/t13-,16?/m1/s1. The van der Waals surface area contributed by atoms with E-state index in [-0.39, 0.29) is 23.9 Å². The van der Waals surface area contributed by atoms with Crippen molar-refractivity contribution < 1.29 is 31.5 Å². The molecule has 0 bridgehead atoms. The highest BCUT2D eigenvalue weighted by Crippen LogP contribution is 2.35. The lowest BCUT2D eigenvalue weighted by atomic mass is 9.88. The number of carbonyl (C=O) groups excluding carboxylic acids is 1. The lowest BCUT2D eigenvalue weighted by molar-refractivity contribution is -0.148. The van der Waals surface area contributed by atoms with Gasteiger partial charge in [-0.25, -0.2) is 23.7 Å². The Morgan fingerprint density at radius 1 is 1.29 bits per heavy atom. The van der Waals surface area contributed by atoms with Gasteiger partial charge in [0.05, 0.1) is 23.7 Å². The molecule has 1 aliphatic heterocycles. The van der Waals surface area contributed by atoms with E-state index in [1.807, 2.05) is 0 Å². The molecule has 2 aromatic rings. The summed E-state index contributed by atoms with van der Waals surface area (Å²) in [6.45, 7) is 0.257. The summed E-state index contributed by atoms with van der Waals surface area (Å²) in [5.74, 6) is -5.03. The molecular weight excluding hydrogens is 475 g/mol. The summed E-state index contributed by atoms with van der Waals surface area (Å²) in [4.78, 5) is 25.7. The average molecular weight is 498 g/mol. The maximum absolute atomic E-state index is 14.4. The number of rotatable bonds is 7. The van der Waals surface area contributed by atoms with Gasteiger partial charge in [-0.3, -0.25) is 10.2 Å². The predicted molar refractivity (Wildman–Crippen MR) is 116 cm³/mol. The van der Waals surface area contributed by atoms with Crippen molar-refractivity contribution in [2.45, 2.75) is 31.5 Å². The number of nitrogens with zero attached hydrogens (tertiary/aromatic N) is 4. The number of carbonyl (C=O) groups is 1. The molecule has 1 fully saturated rings. The Bertz CT molecular complexity index is 1080. The second-order valence-electron chi connectivity index (χ2n) is 8.03. The van der Waals surface area contributed by atoms with Crippen LogP contribution < -0.4 is 10.1 Å². The van der Waals surface area contributed by atoms with Gasteiger partial charge in [0, 0.05) is 44.3 Å². The molecule has 1 amide bonds. The van der Waals surface area contributed by atoms with E-state index in [1.165, 1.54) is 32.6 Å². The third-order valence-electron chi connectivity index (χ3n) is 5.38. The van der Waals surface area contributed by atoms with Crippen LogP contribution in [0.1, 0.15) is 24.7 Å². The van der Waals surface area contributed by atoms with Gasteiger partial charge in [-0.05, 0) is 18.1 Å². The molecule has 1 aliphatic rings. The third kappa shape index (κ3) is 6.28. The molecule has 13 heteroatoms. The second kappa shape index (κ2) is 10.3. The molecular formula is C22H23F5N6O2. The molecule has 1 saturated heterocycles. The van der Waals surface area contributed by atoms with Gasteiger partial charge in [-0.1, -0.05) is 6.92 Å². The van der Waals surface area contributed by atoms with E-state index in [0.29, 0.717) is 6.20 Å². The Kier molecular flexibility index (Phi) is 7.66. The fraction of sp³-hybridized carbons (Fsp3) is 0.409. The van der Waals surface area contributed by atoms with Crippen molar-refractivity contribution in [2.75, 3.05) is 20.2 Å². The Morgan fingerprint density at radius 2 is 1.97 bits per heavy atom. The highest BCUT2D eigenvalue weighted by Gasteiger charge is 2.47. The largest absolute Gasteiger partial charge is 0.475 e. The first kappa shape index (κ1) is 26.0. The summed E-state index contributed by atoms with van der Waals surface area (Å²) in [5.41, 5.74) is -1.57. The Hall–Kier alpha value is -3.64. The van der Waals surface area contributed by atoms with Crippen LogP contribution in [0.15, 0.2) is 43.0 Å². The first-order valence-electron chi connectivity index (χ1n) is 10.5. The fourth-order valence-corrected chi connectivity index (χ4v) is 3.72. The van der Waals surface area contributed by atoms with E-state index in [1.54, 1.807) is 6.07 Å². The van der Waals surface area contributed by atoms with Crippen LogP contribution in [0.2, 0.25) is 0 Å². The maximum Gasteiger partial charge on any atom is 0.417 e. The number of aromatic nitrogens is 3. The van der Waals surface area contributed by atoms with Gasteiger partial charge in [0.1, 0.15) is 12.3 Å². The summed E-state index contributed by atoms with van der Waals surface area (Å²) in [6.07, 6.45) is -0.359. The molecule has 8 nitrogen and oxygen atoms in total. The van der Waals surface area contributed by atoms with Gasteiger partial charge in [0.2, 0.25) is 5.88 Å². The number of hydrogen-bond donors (Lipinski definition) is 2. The molecule has 0 aliphatic carbocycles. The van der Waals surface area contributed by atoms with E-state index in [4.69, 9.17) is 10.1 Å². The number of pyridine rings is 1. The van der Waals surface area contributed by atoms with E-state index < -0.39 is 54.2 Å². The smallest absolute Gasteiger partial charge is 0.417 e. The van der Waals surface area contributed by atoms with Crippen LogP contribution in [0.25, 0.3) is 5.57 Å². The molecule has 3 heterocycles. The quantitative estimate of drug-likeness (QED) is 0.448. The number of halogens is 5. The lowest BCUT2D eigenvalue weighted by Crippen LogP contribution is -2.58. The first-order chi connectivity index (χ1) is 16.4. The minimum absolute atomic E-state index is 0.00344. The van der Waals surface area contributed by atoms with Gasteiger partial charge in [-0.2, -0.15) is 13.2 Å². The molecule has 0 aromatic carbocycles. The van der Waals surface area contributed by atoms with Crippen LogP contribution >= 0.6 is 0 Å².